The highest BCUT2D eigenvalue weighted by molar-refractivity contribution is 5.81. The van der Waals surface area contributed by atoms with Gasteiger partial charge in [0.1, 0.15) is 12.1 Å². The van der Waals surface area contributed by atoms with E-state index in [-0.39, 0.29) is 11.3 Å². The molecule has 3 rings (SSSR count). The van der Waals surface area contributed by atoms with Gasteiger partial charge in [0.15, 0.2) is 0 Å². The quantitative estimate of drug-likeness (QED) is 0.634. The van der Waals surface area contributed by atoms with Crippen LogP contribution in [0.4, 0.5) is 0 Å². The van der Waals surface area contributed by atoms with Crippen molar-refractivity contribution in [2.24, 2.45) is 0 Å². The minimum Gasteiger partial charge on any atom is -0.304 e. The highest BCUT2D eigenvalue weighted by atomic mass is 16.1. The third-order valence-corrected chi connectivity index (χ3v) is 4.69. The average molecular weight is 407 g/mol. The SMILES string of the molecule is CC=O.CCCc1cccc(Cn2nc(C3=CCCC(CC(C)=O)=C3)ccc2=O)c1. The lowest BCUT2D eigenvalue weighted by molar-refractivity contribution is -0.116. The largest absolute Gasteiger partial charge is 0.304 e. The first kappa shape index (κ1) is 23.2. The summed E-state index contributed by atoms with van der Waals surface area (Å²) in [6.07, 6.45) is 9.35. The number of carbonyl (C=O) groups is 2. The highest BCUT2D eigenvalue weighted by Gasteiger charge is 2.11. The Hall–Kier alpha value is -3.08. The molecule has 0 saturated carbocycles. The van der Waals surface area contributed by atoms with Crippen LogP contribution in [-0.2, 0) is 22.6 Å². The van der Waals surface area contributed by atoms with Crippen molar-refractivity contribution in [1.82, 2.24) is 9.78 Å². The number of benzene rings is 1. The van der Waals surface area contributed by atoms with Crippen molar-refractivity contribution in [3.63, 3.8) is 0 Å². The lowest BCUT2D eigenvalue weighted by Crippen LogP contribution is -2.23. The highest BCUT2D eigenvalue weighted by Crippen LogP contribution is 2.25. The van der Waals surface area contributed by atoms with Crippen LogP contribution in [0.2, 0.25) is 0 Å². The lowest BCUT2D eigenvalue weighted by atomic mass is 9.94. The predicted octanol–water partition coefficient (Wildman–Crippen LogP) is 4.53. The number of nitrogens with zero attached hydrogens (tertiary/aromatic N) is 2. The topological polar surface area (TPSA) is 69.0 Å². The number of carbonyl (C=O) groups excluding carboxylic acids is 2. The van der Waals surface area contributed by atoms with Crippen LogP contribution < -0.4 is 5.56 Å². The fourth-order valence-electron chi connectivity index (χ4n) is 3.46. The summed E-state index contributed by atoms with van der Waals surface area (Å²) in [6.45, 7) is 5.68. The number of Topliss-reactive ketones (excluding diaryl/α,β-unsaturated/α-hetero) is 1. The van der Waals surface area contributed by atoms with Gasteiger partial charge in [-0.25, -0.2) is 4.68 Å². The Balaban J connectivity index is 0.00000101. The molecule has 2 aromatic rings. The molecule has 1 aromatic carbocycles. The number of rotatable bonds is 7. The van der Waals surface area contributed by atoms with E-state index in [1.807, 2.05) is 18.2 Å². The Morgan fingerprint density at radius 2 is 1.93 bits per heavy atom. The first-order chi connectivity index (χ1) is 14.5. The molecule has 1 aromatic heterocycles. The smallest absolute Gasteiger partial charge is 0.267 e. The van der Waals surface area contributed by atoms with Crippen LogP contribution >= 0.6 is 0 Å². The van der Waals surface area contributed by atoms with Crippen molar-refractivity contribution in [3.8, 4) is 0 Å². The van der Waals surface area contributed by atoms with Gasteiger partial charge in [-0.2, -0.15) is 5.10 Å². The molecule has 0 fully saturated rings. The van der Waals surface area contributed by atoms with Gasteiger partial charge in [-0.1, -0.05) is 55.3 Å². The Kier molecular flexibility index (Phi) is 9.13. The van der Waals surface area contributed by atoms with Crippen LogP contribution in [0, 0.1) is 0 Å². The second-order valence-corrected chi connectivity index (χ2v) is 7.40. The van der Waals surface area contributed by atoms with E-state index >= 15 is 0 Å². The number of hydrogen-bond acceptors (Lipinski definition) is 4. The first-order valence-corrected chi connectivity index (χ1v) is 10.4. The average Bonchev–Trinajstić information content (AvgIpc) is 2.70. The second-order valence-electron chi connectivity index (χ2n) is 7.40. The second kappa shape index (κ2) is 11.8. The van der Waals surface area contributed by atoms with Gasteiger partial charge < -0.3 is 4.79 Å². The Bertz CT molecular complexity index is 999. The summed E-state index contributed by atoms with van der Waals surface area (Å²) >= 11 is 0. The maximum Gasteiger partial charge on any atom is 0.267 e. The van der Waals surface area contributed by atoms with Gasteiger partial charge in [-0.15, -0.1) is 0 Å². The molecule has 30 heavy (non-hydrogen) atoms. The number of aryl methyl sites for hydroxylation is 1. The summed E-state index contributed by atoms with van der Waals surface area (Å²) in [5, 5.41) is 4.59. The summed E-state index contributed by atoms with van der Waals surface area (Å²) in [5.41, 5.74) is 5.16. The Morgan fingerprint density at radius 1 is 1.20 bits per heavy atom. The first-order valence-electron chi connectivity index (χ1n) is 10.4. The predicted molar refractivity (Wildman–Crippen MR) is 120 cm³/mol. The number of hydrogen-bond donors (Lipinski definition) is 0. The van der Waals surface area contributed by atoms with Gasteiger partial charge in [0, 0.05) is 12.5 Å². The molecule has 1 aliphatic carbocycles. The molecule has 5 nitrogen and oxygen atoms in total. The van der Waals surface area contributed by atoms with Crippen molar-refractivity contribution in [1.29, 1.82) is 0 Å². The van der Waals surface area contributed by atoms with Crippen molar-refractivity contribution in [3.05, 3.63) is 81.3 Å². The summed E-state index contributed by atoms with van der Waals surface area (Å²) in [7, 11) is 0. The van der Waals surface area contributed by atoms with Crippen LogP contribution in [0.25, 0.3) is 5.57 Å². The van der Waals surface area contributed by atoms with Crippen LogP contribution in [0.1, 0.15) is 63.3 Å². The standard InChI is InChI=1S/C23H26N2O2.C2H4O/c1-3-6-18-7-4-9-20(14-18)16-25-23(27)12-11-22(24-25)21-10-5-8-19(15-21)13-17(2)26;1-2-3/h4,7,9-12,14-15H,3,5-6,8,13,16H2,1-2H3;2H,1H3. The zero-order valence-corrected chi connectivity index (χ0v) is 18.1. The maximum atomic E-state index is 12.3. The van der Waals surface area contributed by atoms with E-state index in [2.05, 4.69) is 30.2 Å². The summed E-state index contributed by atoms with van der Waals surface area (Å²) in [5.74, 6) is 0.174. The molecule has 0 aliphatic heterocycles. The van der Waals surface area contributed by atoms with E-state index in [1.165, 1.54) is 17.2 Å². The van der Waals surface area contributed by atoms with Crippen LogP contribution in [0.5, 0.6) is 0 Å². The zero-order chi connectivity index (χ0) is 21.9. The molecular formula is C25H30N2O3. The molecule has 1 aliphatic rings. The molecular weight excluding hydrogens is 376 g/mol. The van der Waals surface area contributed by atoms with E-state index in [1.54, 1.807) is 19.1 Å². The Labute approximate surface area is 178 Å². The summed E-state index contributed by atoms with van der Waals surface area (Å²) in [4.78, 5) is 32.5. The molecule has 0 spiro atoms. The van der Waals surface area contributed by atoms with Crippen molar-refractivity contribution >= 4 is 17.6 Å². The molecule has 0 saturated heterocycles. The Morgan fingerprint density at radius 3 is 2.63 bits per heavy atom. The normalized spacial score (nSPS) is 12.9. The molecule has 0 amide bonds. The van der Waals surface area contributed by atoms with E-state index in [4.69, 9.17) is 4.79 Å². The van der Waals surface area contributed by atoms with E-state index in [0.29, 0.717) is 13.0 Å². The van der Waals surface area contributed by atoms with E-state index < -0.39 is 0 Å². The molecule has 0 atom stereocenters. The number of ketones is 1. The molecule has 0 unspecified atom stereocenters. The number of aldehydes is 1. The maximum absolute atomic E-state index is 12.3. The molecule has 5 heteroatoms. The third kappa shape index (κ3) is 7.07. The van der Waals surface area contributed by atoms with Gasteiger partial charge in [0.25, 0.3) is 5.56 Å². The number of allylic oxidation sites excluding steroid dienone is 4. The zero-order valence-electron chi connectivity index (χ0n) is 18.1. The molecule has 1 heterocycles. The van der Waals surface area contributed by atoms with Crippen LogP contribution in [0.15, 0.2) is 58.9 Å². The van der Waals surface area contributed by atoms with E-state index in [0.717, 1.165) is 54.4 Å². The minimum atomic E-state index is -0.107. The van der Waals surface area contributed by atoms with Crippen molar-refractivity contribution in [2.75, 3.05) is 0 Å². The third-order valence-electron chi connectivity index (χ3n) is 4.69. The van der Waals surface area contributed by atoms with Crippen molar-refractivity contribution in [2.45, 2.75) is 59.4 Å². The monoisotopic (exact) mass is 406 g/mol. The molecule has 158 valence electrons. The van der Waals surface area contributed by atoms with Crippen molar-refractivity contribution < 1.29 is 9.59 Å². The minimum absolute atomic E-state index is 0.107. The summed E-state index contributed by atoms with van der Waals surface area (Å²) in [6, 6.07) is 11.7. The van der Waals surface area contributed by atoms with Gasteiger partial charge in [0.05, 0.1) is 12.2 Å². The van der Waals surface area contributed by atoms with Crippen LogP contribution in [0.3, 0.4) is 0 Å². The van der Waals surface area contributed by atoms with E-state index in [9.17, 15) is 9.59 Å². The number of aromatic nitrogens is 2. The van der Waals surface area contributed by atoms with Crippen LogP contribution in [-0.4, -0.2) is 21.8 Å². The fourth-order valence-corrected chi connectivity index (χ4v) is 3.46. The van der Waals surface area contributed by atoms with Gasteiger partial charge in [-0.05, 0) is 55.9 Å². The molecule has 0 bridgehead atoms. The summed E-state index contributed by atoms with van der Waals surface area (Å²) < 4.78 is 1.52. The van der Waals surface area contributed by atoms with Gasteiger partial charge >= 0.3 is 0 Å². The molecule has 0 N–H and O–H groups in total. The molecule has 0 radical (unpaired) electrons. The van der Waals surface area contributed by atoms with Gasteiger partial charge in [0.2, 0.25) is 0 Å². The van der Waals surface area contributed by atoms with Gasteiger partial charge in [-0.3, -0.25) is 9.59 Å². The fraction of sp³-hybridized carbons (Fsp3) is 0.360. The lowest BCUT2D eigenvalue weighted by Gasteiger charge is -2.14.